The molecule has 0 aliphatic carbocycles. The molecule has 1 aromatic heterocycles. The van der Waals surface area contributed by atoms with Crippen LogP contribution >= 0.6 is 11.6 Å². The van der Waals surface area contributed by atoms with Crippen LogP contribution < -0.4 is 5.32 Å². The second-order valence-corrected chi connectivity index (χ2v) is 8.86. The van der Waals surface area contributed by atoms with Gasteiger partial charge in [-0.15, -0.1) is 0 Å². The normalized spacial score (nSPS) is 19.7. The number of halogens is 1. The topological polar surface area (TPSA) is 64.0 Å². The van der Waals surface area contributed by atoms with Crippen LogP contribution in [-0.4, -0.2) is 36.2 Å². The van der Waals surface area contributed by atoms with Gasteiger partial charge in [-0.1, -0.05) is 41.9 Å². The maximum Gasteiger partial charge on any atom is 0.152 e. The van der Waals surface area contributed by atoms with E-state index in [9.17, 15) is 8.42 Å². The Labute approximate surface area is 147 Å². The summed E-state index contributed by atoms with van der Waals surface area (Å²) in [6, 6.07) is 10.2. The Balaban J connectivity index is 1.60. The summed E-state index contributed by atoms with van der Waals surface area (Å²) in [5, 5.41) is 8.43. The molecule has 2 heterocycles. The van der Waals surface area contributed by atoms with Crippen molar-refractivity contribution < 1.29 is 8.42 Å². The van der Waals surface area contributed by atoms with Crippen LogP contribution in [0.5, 0.6) is 0 Å². The minimum Gasteiger partial charge on any atom is -0.312 e. The minimum absolute atomic E-state index is 0.134. The van der Waals surface area contributed by atoms with E-state index < -0.39 is 9.84 Å². The molecular weight excluding hydrogens is 346 g/mol. The summed E-state index contributed by atoms with van der Waals surface area (Å²) in [6.45, 7) is 3.40. The number of sulfone groups is 1. The number of aryl methyl sites for hydroxylation is 1. The van der Waals surface area contributed by atoms with Gasteiger partial charge in [0.2, 0.25) is 0 Å². The zero-order valence-electron chi connectivity index (χ0n) is 13.7. The van der Waals surface area contributed by atoms with Crippen molar-refractivity contribution in [3.63, 3.8) is 0 Å². The minimum atomic E-state index is -2.95. The van der Waals surface area contributed by atoms with Gasteiger partial charge in [0.15, 0.2) is 9.84 Å². The highest BCUT2D eigenvalue weighted by molar-refractivity contribution is 7.91. The second kappa shape index (κ2) is 7.25. The van der Waals surface area contributed by atoms with Crippen LogP contribution in [-0.2, 0) is 22.8 Å². The molecule has 0 amide bonds. The van der Waals surface area contributed by atoms with Gasteiger partial charge in [-0.05, 0) is 31.9 Å². The van der Waals surface area contributed by atoms with E-state index in [1.807, 2.05) is 25.1 Å². The molecule has 3 rings (SSSR count). The van der Waals surface area contributed by atoms with Gasteiger partial charge in [-0.25, -0.2) is 13.1 Å². The molecular formula is C17H22ClN3O2S. The summed E-state index contributed by atoms with van der Waals surface area (Å²) in [5.41, 5.74) is 3.10. The first-order chi connectivity index (χ1) is 11.5. The standard InChI is InChI=1S/C17H22ClN3O2S/c1-13-16(11-19-9-7-14-5-3-2-4-6-14)17(18)21(20-13)15-8-10-24(22,23)12-15/h2-6,15,19H,7-12H2,1H3/t15-/m1/s1. The molecule has 5 nitrogen and oxygen atoms in total. The SMILES string of the molecule is Cc1nn([C@@H]2CCS(=O)(=O)C2)c(Cl)c1CNCCc1ccccc1. The molecule has 0 bridgehead atoms. The number of hydrogen-bond donors (Lipinski definition) is 1. The van der Waals surface area contributed by atoms with Crippen LogP contribution in [0.15, 0.2) is 30.3 Å². The van der Waals surface area contributed by atoms with Crippen molar-refractivity contribution in [2.45, 2.75) is 32.4 Å². The predicted octanol–water partition coefficient (Wildman–Crippen LogP) is 2.54. The van der Waals surface area contributed by atoms with Crippen LogP contribution in [0.4, 0.5) is 0 Å². The number of nitrogens with zero attached hydrogens (tertiary/aromatic N) is 2. The van der Waals surface area contributed by atoms with Crippen molar-refractivity contribution in [2.75, 3.05) is 18.1 Å². The molecule has 130 valence electrons. The molecule has 0 radical (unpaired) electrons. The highest BCUT2D eigenvalue weighted by Crippen LogP contribution is 2.29. The molecule has 2 aromatic rings. The maximum absolute atomic E-state index is 11.7. The van der Waals surface area contributed by atoms with E-state index in [1.54, 1.807) is 4.68 Å². The van der Waals surface area contributed by atoms with Crippen molar-refractivity contribution in [3.8, 4) is 0 Å². The number of hydrogen-bond acceptors (Lipinski definition) is 4. The Morgan fingerprint density at radius 2 is 2.08 bits per heavy atom. The fourth-order valence-corrected chi connectivity index (χ4v) is 5.13. The van der Waals surface area contributed by atoms with Gasteiger partial charge >= 0.3 is 0 Å². The first-order valence-corrected chi connectivity index (χ1v) is 10.3. The zero-order chi connectivity index (χ0) is 17.2. The van der Waals surface area contributed by atoms with Gasteiger partial charge in [0.25, 0.3) is 0 Å². The summed E-state index contributed by atoms with van der Waals surface area (Å²) in [5.74, 6) is 0.353. The molecule has 1 saturated heterocycles. The van der Waals surface area contributed by atoms with Gasteiger partial charge in [0.05, 0.1) is 23.2 Å². The number of aromatic nitrogens is 2. The van der Waals surface area contributed by atoms with Crippen LogP contribution in [0, 0.1) is 6.92 Å². The Morgan fingerprint density at radius 1 is 1.33 bits per heavy atom. The summed E-state index contributed by atoms with van der Waals surface area (Å²) in [6.07, 6.45) is 1.54. The van der Waals surface area contributed by atoms with E-state index in [1.165, 1.54) is 5.56 Å². The lowest BCUT2D eigenvalue weighted by atomic mass is 10.1. The fraction of sp³-hybridized carbons (Fsp3) is 0.471. The zero-order valence-corrected chi connectivity index (χ0v) is 15.3. The van der Waals surface area contributed by atoms with Gasteiger partial charge < -0.3 is 5.32 Å². The molecule has 1 atom stereocenters. The smallest absolute Gasteiger partial charge is 0.152 e. The number of benzene rings is 1. The van der Waals surface area contributed by atoms with Crippen molar-refractivity contribution in [2.24, 2.45) is 0 Å². The summed E-state index contributed by atoms with van der Waals surface area (Å²) in [4.78, 5) is 0. The highest BCUT2D eigenvalue weighted by atomic mass is 35.5. The maximum atomic E-state index is 11.7. The van der Waals surface area contributed by atoms with Crippen LogP contribution in [0.25, 0.3) is 0 Å². The number of nitrogens with one attached hydrogen (secondary N) is 1. The Hall–Kier alpha value is -1.37. The largest absolute Gasteiger partial charge is 0.312 e. The Kier molecular flexibility index (Phi) is 5.27. The van der Waals surface area contributed by atoms with E-state index in [0.717, 1.165) is 24.2 Å². The van der Waals surface area contributed by atoms with E-state index in [-0.39, 0.29) is 17.5 Å². The molecule has 1 aromatic carbocycles. The molecule has 1 aliphatic rings. The lowest BCUT2D eigenvalue weighted by Crippen LogP contribution is -2.17. The first kappa shape index (κ1) is 17.5. The van der Waals surface area contributed by atoms with Crippen molar-refractivity contribution in [3.05, 3.63) is 52.3 Å². The molecule has 0 saturated carbocycles. The fourth-order valence-electron chi connectivity index (χ4n) is 3.06. The third-order valence-electron chi connectivity index (χ3n) is 4.43. The van der Waals surface area contributed by atoms with Crippen LogP contribution in [0.1, 0.15) is 29.3 Å². The average molecular weight is 368 g/mol. The second-order valence-electron chi connectivity index (χ2n) is 6.27. The van der Waals surface area contributed by atoms with Crippen LogP contribution in [0.3, 0.4) is 0 Å². The summed E-state index contributed by atoms with van der Waals surface area (Å²) >= 11 is 6.46. The molecule has 0 unspecified atom stereocenters. The molecule has 1 fully saturated rings. The Bertz CT molecular complexity index is 803. The van der Waals surface area contributed by atoms with Crippen LogP contribution in [0.2, 0.25) is 5.15 Å². The van der Waals surface area contributed by atoms with E-state index in [2.05, 4.69) is 22.5 Å². The molecule has 0 spiro atoms. The van der Waals surface area contributed by atoms with Gasteiger partial charge in [-0.2, -0.15) is 5.10 Å². The van der Waals surface area contributed by atoms with Crippen molar-refractivity contribution in [1.29, 1.82) is 0 Å². The van der Waals surface area contributed by atoms with Gasteiger partial charge in [0, 0.05) is 12.1 Å². The van der Waals surface area contributed by atoms with Crippen molar-refractivity contribution in [1.82, 2.24) is 15.1 Å². The van der Waals surface area contributed by atoms with E-state index >= 15 is 0 Å². The Morgan fingerprint density at radius 3 is 2.75 bits per heavy atom. The predicted molar refractivity (Wildman–Crippen MR) is 96.1 cm³/mol. The number of rotatable bonds is 6. The lowest BCUT2D eigenvalue weighted by molar-refractivity contribution is 0.497. The monoisotopic (exact) mass is 367 g/mol. The third-order valence-corrected chi connectivity index (χ3v) is 6.59. The van der Waals surface area contributed by atoms with Gasteiger partial charge in [-0.3, -0.25) is 0 Å². The van der Waals surface area contributed by atoms with E-state index in [0.29, 0.717) is 18.1 Å². The lowest BCUT2D eigenvalue weighted by Gasteiger charge is -2.10. The molecule has 7 heteroatoms. The van der Waals surface area contributed by atoms with E-state index in [4.69, 9.17) is 11.6 Å². The quantitative estimate of drug-likeness (QED) is 0.797. The van der Waals surface area contributed by atoms with Gasteiger partial charge in [0.1, 0.15) is 5.15 Å². The first-order valence-electron chi connectivity index (χ1n) is 8.15. The highest BCUT2D eigenvalue weighted by Gasteiger charge is 2.31. The van der Waals surface area contributed by atoms with Crippen molar-refractivity contribution >= 4 is 21.4 Å². The average Bonchev–Trinajstić information content (AvgIpc) is 3.05. The summed E-state index contributed by atoms with van der Waals surface area (Å²) < 4.78 is 25.0. The molecule has 1 N–H and O–H groups in total. The molecule has 24 heavy (non-hydrogen) atoms. The summed E-state index contributed by atoms with van der Waals surface area (Å²) in [7, 11) is -2.95. The molecule has 1 aliphatic heterocycles. The third kappa shape index (κ3) is 3.99.